The molecule has 2 saturated carbocycles. The maximum absolute atomic E-state index is 12.9. The minimum atomic E-state index is -4.28. The molecule has 2 fully saturated rings. The van der Waals surface area contributed by atoms with Gasteiger partial charge in [0, 0.05) is 32.9 Å². The summed E-state index contributed by atoms with van der Waals surface area (Å²) < 4.78 is 69.7. The van der Waals surface area contributed by atoms with Crippen LogP contribution in [-0.4, -0.2) is 62.0 Å². The largest absolute Gasteiger partial charge is 0.416 e. The van der Waals surface area contributed by atoms with E-state index in [0.29, 0.717) is 16.9 Å². The van der Waals surface area contributed by atoms with E-state index in [4.69, 9.17) is 0 Å². The third-order valence-electron chi connectivity index (χ3n) is 6.98. The minimum absolute atomic E-state index is 0.0299. The van der Waals surface area contributed by atoms with Crippen molar-refractivity contribution in [3.05, 3.63) is 41.0 Å². The number of nitrogens with one attached hydrogen (secondary N) is 3. The minimum Gasteiger partial charge on any atom is -0.384 e. The van der Waals surface area contributed by atoms with Crippen LogP contribution in [0.5, 0.6) is 0 Å². The van der Waals surface area contributed by atoms with Crippen molar-refractivity contribution >= 4 is 22.8 Å². The van der Waals surface area contributed by atoms with Gasteiger partial charge in [-0.2, -0.15) is 13.2 Å². The number of aromatic amines is 1. The summed E-state index contributed by atoms with van der Waals surface area (Å²) in [6, 6.07) is 5.40. The lowest BCUT2D eigenvalue weighted by Crippen LogP contribution is -2.40. The average Bonchev–Trinajstić information content (AvgIpc) is 3.61. The fourth-order valence-corrected chi connectivity index (χ4v) is 3.87. The van der Waals surface area contributed by atoms with Crippen LogP contribution >= 0.6 is 0 Å². The normalized spacial score (nSPS) is 16.1. The van der Waals surface area contributed by atoms with Crippen molar-refractivity contribution in [2.75, 3.05) is 7.11 Å². The Bertz CT molecular complexity index is 1430. The fraction of sp³-hybridized carbons (Fsp3) is 0.621. The number of alkyl halides is 5. The molecule has 2 aliphatic carbocycles. The van der Waals surface area contributed by atoms with Gasteiger partial charge in [-0.1, -0.05) is 30.5 Å². The number of carbonyl (C=O) groups is 2. The Morgan fingerprint density at radius 1 is 1.07 bits per heavy atom. The van der Waals surface area contributed by atoms with Crippen LogP contribution in [0.25, 0.3) is 11.0 Å². The number of halogens is 5. The molecule has 11 nitrogen and oxygen atoms in total. The van der Waals surface area contributed by atoms with Gasteiger partial charge in [0.1, 0.15) is 17.1 Å². The smallest absolute Gasteiger partial charge is 0.384 e. The van der Waals surface area contributed by atoms with Crippen molar-refractivity contribution in [1.82, 2.24) is 30.9 Å². The molecule has 0 aliphatic heterocycles. The fourth-order valence-electron chi connectivity index (χ4n) is 3.87. The quantitative estimate of drug-likeness (QED) is 0.229. The number of carbonyl (C=O) groups excluding carboxylic acids is 2. The molecule has 2 amide bonds. The standard InChI is InChI=1S/C21H24F2N6O4.C5H9F3O.C3H6/c1-20(2,32)18-17(28-33-29-18)19(31)25-10-15-26-13-4-3-11(5-14(13)27-15)9-24-16(30)6-12-7-21(22,23)8-12;1-4(2,9-3)5(6,7)8;1-2-3-1/h3-5,12,32H,6-10H2,1-2H3,(H,24,30)(H,25,31)(H,26,27);1-3H3;1-3H2. The molecule has 0 bridgehead atoms. The van der Waals surface area contributed by atoms with E-state index in [0.717, 1.165) is 26.5 Å². The molecule has 3 aromatic rings. The second-order valence-corrected chi connectivity index (χ2v) is 12.1. The number of benzene rings is 1. The van der Waals surface area contributed by atoms with Crippen LogP contribution in [0.15, 0.2) is 22.8 Å². The van der Waals surface area contributed by atoms with Gasteiger partial charge in [0.2, 0.25) is 11.8 Å². The van der Waals surface area contributed by atoms with Crippen LogP contribution in [-0.2, 0) is 28.2 Å². The van der Waals surface area contributed by atoms with Crippen molar-refractivity contribution < 1.29 is 46.0 Å². The molecule has 0 radical (unpaired) electrons. The lowest BCUT2D eigenvalue weighted by molar-refractivity contribution is -0.255. The monoisotopic (exact) mass is 646 g/mol. The lowest BCUT2D eigenvalue weighted by atomic mass is 9.79. The van der Waals surface area contributed by atoms with Crippen molar-refractivity contribution in [3.63, 3.8) is 0 Å². The summed E-state index contributed by atoms with van der Waals surface area (Å²) in [4.78, 5) is 31.9. The molecule has 1 aromatic carbocycles. The molecule has 2 aliphatic rings. The molecule has 5 rings (SSSR count). The molecule has 0 saturated heterocycles. The van der Waals surface area contributed by atoms with Gasteiger partial charge in [0.15, 0.2) is 11.3 Å². The molecular weight excluding hydrogens is 607 g/mol. The van der Waals surface area contributed by atoms with E-state index in [9.17, 15) is 36.6 Å². The number of ether oxygens (including phenoxy) is 1. The molecule has 2 aromatic heterocycles. The maximum Gasteiger partial charge on any atom is 0.416 e. The molecule has 2 heterocycles. The number of amides is 2. The van der Waals surface area contributed by atoms with Crippen molar-refractivity contribution in [2.45, 2.75) is 103 Å². The van der Waals surface area contributed by atoms with Crippen LogP contribution in [0, 0.1) is 5.92 Å². The predicted molar refractivity (Wildman–Crippen MR) is 152 cm³/mol. The highest BCUT2D eigenvalue weighted by molar-refractivity contribution is 5.93. The Balaban J connectivity index is 0.000000387. The van der Waals surface area contributed by atoms with Gasteiger partial charge in [-0.3, -0.25) is 9.59 Å². The Morgan fingerprint density at radius 3 is 2.22 bits per heavy atom. The molecular formula is C29H39F5N6O5. The lowest BCUT2D eigenvalue weighted by Gasteiger charge is -2.34. The van der Waals surface area contributed by atoms with Crippen LogP contribution in [0.4, 0.5) is 22.0 Å². The van der Waals surface area contributed by atoms with Crippen molar-refractivity contribution in [2.24, 2.45) is 5.92 Å². The van der Waals surface area contributed by atoms with Crippen LogP contribution in [0.3, 0.4) is 0 Å². The van der Waals surface area contributed by atoms with Gasteiger partial charge in [-0.05, 0) is 56.5 Å². The van der Waals surface area contributed by atoms with Gasteiger partial charge in [-0.25, -0.2) is 18.4 Å². The number of rotatable bonds is 9. The Morgan fingerprint density at radius 2 is 1.71 bits per heavy atom. The Hall–Kier alpha value is -3.66. The highest BCUT2D eigenvalue weighted by Gasteiger charge is 2.47. The topological polar surface area (TPSA) is 155 Å². The number of H-pyrrole nitrogens is 1. The third kappa shape index (κ3) is 10.7. The summed E-state index contributed by atoms with van der Waals surface area (Å²) in [7, 11) is 1.04. The predicted octanol–water partition coefficient (Wildman–Crippen LogP) is 5.30. The number of methoxy groups -OCH3 is 1. The van der Waals surface area contributed by atoms with Crippen molar-refractivity contribution in [3.8, 4) is 0 Å². The molecule has 16 heteroatoms. The number of hydrogen-bond donors (Lipinski definition) is 4. The first-order valence-electron chi connectivity index (χ1n) is 14.4. The number of fused-ring (bicyclic) bond motifs is 1. The Labute approximate surface area is 256 Å². The summed E-state index contributed by atoms with van der Waals surface area (Å²) in [5.41, 5.74) is -1.29. The molecule has 0 spiro atoms. The van der Waals surface area contributed by atoms with Crippen LogP contribution in [0.2, 0.25) is 0 Å². The second kappa shape index (κ2) is 14.2. The SMILES string of the molecule is C1CC1.CC(C)(O)c1nonc1C(=O)NCc1nc2ccc(CNC(=O)CC3CC(F)(F)C3)cc2[nH]1.COC(C)(C)C(F)(F)F. The molecule has 0 atom stereocenters. The number of imidazole rings is 1. The van der Waals surface area contributed by atoms with E-state index < -0.39 is 29.2 Å². The highest BCUT2D eigenvalue weighted by Crippen LogP contribution is 2.44. The zero-order valence-electron chi connectivity index (χ0n) is 25.8. The van der Waals surface area contributed by atoms with E-state index >= 15 is 0 Å². The number of nitrogens with zero attached hydrogens (tertiary/aromatic N) is 3. The molecule has 250 valence electrons. The van der Waals surface area contributed by atoms with Crippen LogP contribution < -0.4 is 10.6 Å². The van der Waals surface area contributed by atoms with E-state index in [1.54, 1.807) is 12.1 Å². The second-order valence-electron chi connectivity index (χ2n) is 12.1. The average molecular weight is 647 g/mol. The summed E-state index contributed by atoms with van der Waals surface area (Å²) in [5, 5.41) is 22.6. The zero-order chi connectivity index (χ0) is 33.6. The number of aliphatic hydroxyl groups is 1. The van der Waals surface area contributed by atoms with Gasteiger partial charge in [0.05, 0.1) is 17.6 Å². The number of aromatic nitrogens is 4. The van der Waals surface area contributed by atoms with E-state index in [1.165, 1.54) is 33.1 Å². The van der Waals surface area contributed by atoms with E-state index in [-0.39, 0.29) is 55.6 Å². The zero-order valence-corrected chi connectivity index (χ0v) is 25.8. The van der Waals surface area contributed by atoms with Gasteiger partial charge in [0.25, 0.3) is 5.91 Å². The summed E-state index contributed by atoms with van der Waals surface area (Å²) >= 11 is 0. The van der Waals surface area contributed by atoms with E-state index in [2.05, 4.69) is 40.3 Å². The first-order valence-corrected chi connectivity index (χ1v) is 14.4. The maximum atomic E-state index is 12.9. The van der Waals surface area contributed by atoms with Crippen molar-refractivity contribution in [1.29, 1.82) is 0 Å². The van der Waals surface area contributed by atoms with E-state index in [1.807, 2.05) is 6.07 Å². The van der Waals surface area contributed by atoms with Gasteiger partial charge in [-0.15, -0.1) is 0 Å². The first kappa shape index (κ1) is 35.8. The summed E-state index contributed by atoms with van der Waals surface area (Å²) in [6.07, 6.45) is -0.137. The van der Waals surface area contributed by atoms with Crippen LogP contribution in [0.1, 0.15) is 93.8 Å². The highest BCUT2D eigenvalue weighted by atomic mass is 19.4. The Kier molecular flexibility index (Phi) is 11.3. The molecule has 45 heavy (non-hydrogen) atoms. The molecule has 4 N–H and O–H groups in total. The number of hydrogen-bond acceptors (Lipinski definition) is 8. The third-order valence-corrected chi connectivity index (χ3v) is 6.98. The summed E-state index contributed by atoms with van der Waals surface area (Å²) in [5.74, 6) is -3.22. The summed E-state index contributed by atoms with van der Waals surface area (Å²) in [6.45, 7) is 5.23. The molecule has 0 unspecified atom stereocenters. The van der Waals surface area contributed by atoms with Gasteiger partial charge >= 0.3 is 6.18 Å². The first-order chi connectivity index (χ1) is 20.8. The van der Waals surface area contributed by atoms with Gasteiger partial charge < -0.3 is 25.5 Å².